The van der Waals surface area contributed by atoms with Crippen LogP contribution in [0.2, 0.25) is 0 Å². The van der Waals surface area contributed by atoms with Crippen LogP contribution in [-0.4, -0.2) is 13.2 Å². The van der Waals surface area contributed by atoms with Crippen molar-refractivity contribution in [3.63, 3.8) is 0 Å². The van der Waals surface area contributed by atoms with Gasteiger partial charge in [-0.25, -0.2) is 4.39 Å². The molecule has 0 fully saturated rings. The van der Waals surface area contributed by atoms with E-state index in [0.717, 1.165) is 11.0 Å². The van der Waals surface area contributed by atoms with Gasteiger partial charge in [0.25, 0.3) is 0 Å². The van der Waals surface area contributed by atoms with E-state index in [1.165, 1.54) is 17.7 Å². The fourth-order valence-electron chi connectivity index (χ4n) is 1.65. The predicted molar refractivity (Wildman–Crippen MR) is 77.7 cm³/mol. The second-order valence-electron chi connectivity index (χ2n) is 4.09. The Hall–Kier alpha value is -1.39. The molecule has 0 aromatic heterocycles. The van der Waals surface area contributed by atoms with Crippen molar-refractivity contribution in [2.75, 3.05) is 13.2 Å². The minimum atomic E-state index is -0.296. The van der Waals surface area contributed by atoms with E-state index in [4.69, 9.17) is 4.74 Å². The van der Waals surface area contributed by atoms with Crippen LogP contribution in [0.3, 0.4) is 0 Å². The average Bonchev–Trinajstić information content (AvgIpc) is 2.43. The zero-order chi connectivity index (χ0) is 13.5. The van der Waals surface area contributed by atoms with Gasteiger partial charge in [0.05, 0.1) is 4.47 Å². The molecule has 0 saturated heterocycles. The van der Waals surface area contributed by atoms with Crippen molar-refractivity contribution >= 4 is 15.9 Å². The molecule has 0 radical (unpaired) electrons. The summed E-state index contributed by atoms with van der Waals surface area (Å²) in [5, 5.41) is 3.27. The molecule has 100 valence electrons. The molecular formula is C15H15BrFNO. The maximum Gasteiger partial charge on any atom is 0.136 e. The minimum absolute atomic E-state index is 0.296. The Morgan fingerprint density at radius 3 is 2.68 bits per heavy atom. The number of benzene rings is 2. The molecule has 19 heavy (non-hydrogen) atoms. The van der Waals surface area contributed by atoms with Crippen molar-refractivity contribution in [1.29, 1.82) is 0 Å². The Labute approximate surface area is 120 Å². The molecule has 0 aliphatic rings. The standard InChI is InChI=1S/C15H15BrFNO/c16-14-7-6-13(17)10-15(14)19-9-8-18-11-12-4-2-1-3-5-12/h1-7,10,18H,8-9,11H2. The molecule has 1 N–H and O–H groups in total. The van der Waals surface area contributed by atoms with E-state index in [9.17, 15) is 4.39 Å². The normalized spacial score (nSPS) is 10.4. The van der Waals surface area contributed by atoms with Gasteiger partial charge in [-0.1, -0.05) is 30.3 Å². The first-order chi connectivity index (χ1) is 9.25. The Morgan fingerprint density at radius 1 is 1.11 bits per heavy atom. The molecule has 4 heteroatoms. The Bertz CT molecular complexity index is 519. The van der Waals surface area contributed by atoms with Gasteiger partial charge in [0.15, 0.2) is 0 Å². The first-order valence-corrected chi connectivity index (χ1v) is 6.87. The molecule has 0 unspecified atom stereocenters. The zero-order valence-corrected chi connectivity index (χ0v) is 12.0. The smallest absolute Gasteiger partial charge is 0.136 e. The van der Waals surface area contributed by atoms with Crippen LogP contribution in [0.25, 0.3) is 0 Å². The van der Waals surface area contributed by atoms with Crippen LogP contribution >= 0.6 is 15.9 Å². The second kappa shape index (κ2) is 7.26. The lowest BCUT2D eigenvalue weighted by atomic mass is 10.2. The first-order valence-electron chi connectivity index (χ1n) is 6.08. The highest BCUT2D eigenvalue weighted by Crippen LogP contribution is 2.25. The van der Waals surface area contributed by atoms with E-state index >= 15 is 0 Å². The van der Waals surface area contributed by atoms with Crippen molar-refractivity contribution in [3.05, 3.63) is 64.4 Å². The summed E-state index contributed by atoms with van der Waals surface area (Å²) in [6, 6.07) is 14.6. The van der Waals surface area contributed by atoms with Gasteiger partial charge in [-0.05, 0) is 33.6 Å². The lowest BCUT2D eigenvalue weighted by molar-refractivity contribution is 0.310. The molecule has 0 atom stereocenters. The molecule has 2 aromatic rings. The Morgan fingerprint density at radius 2 is 1.89 bits per heavy atom. The third-order valence-electron chi connectivity index (χ3n) is 2.60. The molecule has 0 aliphatic carbocycles. The summed E-state index contributed by atoms with van der Waals surface area (Å²) in [4.78, 5) is 0. The number of hydrogen-bond acceptors (Lipinski definition) is 2. The average molecular weight is 324 g/mol. The van der Waals surface area contributed by atoms with Crippen LogP contribution in [0, 0.1) is 5.82 Å². The summed E-state index contributed by atoms with van der Waals surface area (Å²) in [6.07, 6.45) is 0. The van der Waals surface area contributed by atoms with E-state index in [-0.39, 0.29) is 5.82 Å². The van der Waals surface area contributed by atoms with Gasteiger partial charge in [0.1, 0.15) is 18.2 Å². The lowest BCUT2D eigenvalue weighted by Gasteiger charge is -2.09. The molecule has 2 nitrogen and oxygen atoms in total. The number of halogens is 2. The summed E-state index contributed by atoms with van der Waals surface area (Å²) in [6.45, 7) is 2.00. The monoisotopic (exact) mass is 323 g/mol. The van der Waals surface area contributed by atoms with E-state index in [1.54, 1.807) is 6.07 Å². The highest BCUT2D eigenvalue weighted by Gasteiger charge is 2.02. The third kappa shape index (κ3) is 4.65. The van der Waals surface area contributed by atoms with Crippen LogP contribution in [0.15, 0.2) is 53.0 Å². The fourth-order valence-corrected chi connectivity index (χ4v) is 2.01. The number of ether oxygens (including phenoxy) is 1. The number of rotatable bonds is 6. The van der Waals surface area contributed by atoms with Crippen LogP contribution in [0.5, 0.6) is 5.75 Å². The maximum absolute atomic E-state index is 13.0. The fraction of sp³-hybridized carbons (Fsp3) is 0.200. The van der Waals surface area contributed by atoms with Crippen LogP contribution in [0.4, 0.5) is 4.39 Å². The summed E-state index contributed by atoms with van der Waals surface area (Å²) < 4.78 is 19.3. The highest BCUT2D eigenvalue weighted by atomic mass is 79.9. The predicted octanol–water partition coefficient (Wildman–Crippen LogP) is 3.76. The van der Waals surface area contributed by atoms with Crippen LogP contribution in [0.1, 0.15) is 5.56 Å². The molecular weight excluding hydrogens is 309 g/mol. The van der Waals surface area contributed by atoms with Crippen LogP contribution in [-0.2, 0) is 6.54 Å². The maximum atomic E-state index is 13.0. The SMILES string of the molecule is Fc1ccc(Br)c(OCCNCc2ccccc2)c1. The first kappa shape index (κ1) is 14.0. The van der Waals surface area contributed by atoms with E-state index in [1.807, 2.05) is 18.2 Å². The van der Waals surface area contributed by atoms with Crippen molar-refractivity contribution in [2.24, 2.45) is 0 Å². The molecule has 2 rings (SSSR count). The number of hydrogen-bond donors (Lipinski definition) is 1. The molecule has 2 aromatic carbocycles. The van der Waals surface area contributed by atoms with Gasteiger partial charge in [0.2, 0.25) is 0 Å². The van der Waals surface area contributed by atoms with Crippen molar-refractivity contribution in [3.8, 4) is 5.75 Å². The van der Waals surface area contributed by atoms with E-state index in [0.29, 0.717) is 18.9 Å². The van der Waals surface area contributed by atoms with Gasteiger partial charge in [0, 0.05) is 19.2 Å². The topological polar surface area (TPSA) is 21.3 Å². The summed E-state index contributed by atoms with van der Waals surface area (Å²) in [5.74, 6) is 0.233. The Balaban J connectivity index is 1.71. The van der Waals surface area contributed by atoms with Crippen molar-refractivity contribution < 1.29 is 9.13 Å². The van der Waals surface area contributed by atoms with Gasteiger partial charge in [-0.2, -0.15) is 0 Å². The zero-order valence-electron chi connectivity index (χ0n) is 10.4. The second-order valence-corrected chi connectivity index (χ2v) is 4.94. The van der Waals surface area contributed by atoms with Gasteiger partial charge in [-0.3, -0.25) is 0 Å². The van der Waals surface area contributed by atoms with Gasteiger partial charge in [-0.15, -0.1) is 0 Å². The minimum Gasteiger partial charge on any atom is -0.491 e. The molecule has 0 spiro atoms. The van der Waals surface area contributed by atoms with Crippen molar-refractivity contribution in [2.45, 2.75) is 6.54 Å². The quantitative estimate of drug-likeness (QED) is 0.817. The van der Waals surface area contributed by atoms with Crippen molar-refractivity contribution in [1.82, 2.24) is 5.32 Å². The molecule has 0 heterocycles. The molecule has 0 amide bonds. The van der Waals surface area contributed by atoms with E-state index < -0.39 is 0 Å². The summed E-state index contributed by atoms with van der Waals surface area (Å²) >= 11 is 3.32. The Kier molecular flexibility index (Phi) is 5.36. The largest absolute Gasteiger partial charge is 0.491 e. The van der Waals surface area contributed by atoms with E-state index in [2.05, 4.69) is 33.4 Å². The number of nitrogens with one attached hydrogen (secondary N) is 1. The van der Waals surface area contributed by atoms with Crippen LogP contribution < -0.4 is 10.1 Å². The highest BCUT2D eigenvalue weighted by molar-refractivity contribution is 9.10. The summed E-state index contributed by atoms with van der Waals surface area (Å²) in [5.41, 5.74) is 1.23. The molecule has 0 saturated carbocycles. The molecule has 0 bridgehead atoms. The lowest BCUT2D eigenvalue weighted by Crippen LogP contribution is -2.20. The van der Waals surface area contributed by atoms with Gasteiger partial charge < -0.3 is 10.1 Å². The summed E-state index contributed by atoms with van der Waals surface area (Å²) in [7, 11) is 0. The van der Waals surface area contributed by atoms with Gasteiger partial charge >= 0.3 is 0 Å². The third-order valence-corrected chi connectivity index (χ3v) is 3.26. The molecule has 0 aliphatic heterocycles.